The van der Waals surface area contributed by atoms with E-state index in [2.05, 4.69) is 15.3 Å². The lowest BCUT2D eigenvalue weighted by atomic mass is 10.0. The Hall–Kier alpha value is -2.59. The minimum Gasteiger partial charge on any atom is -0.383 e. The number of aromatic nitrogens is 2. The summed E-state index contributed by atoms with van der Waals surface area (Å²) in [5.74, 6) is -0.929. The van der Waals surface area contributed by atoms with Crippen molar-refractivity contribution in [2.24, 2.45) is 0 Å². The van der Waals surface area contributed by atoms with Crippen molar-refractivity contribution in [3.8, 4) is 0 Å². The highest BCUT2D eigenvalue weighted by atomic mass is 32.2. The summed E-state index contributed by atoms with van der Waals surface area (Å²) < 4.78 is 39.1. The van der Waals surface area contributed by atoms with Crippen molar-refractivity contribution >= 4 is 27.6 Å². The Morgan fingerprint density at radius 2 is 1.96 bits per heavy atom. The summed E-state index contributed by atoms with van der Waals surface area (Å²) >= 11 is 0. The molecule has 1 aliphatic heterocycles. The van der Waals surface area contributed by atoms with E-state index in [4.69, 9.17) is 5.73 Å². The zero-order valence-electron chi connectivity index (χ0n) is 15.4. The minimum absolute atomic E-state index is 0.00387. The predicted molar refractivity (Wildman–Crippen MR) is 104 cm³/mol. The molecule has 1 saturated heterocycles. The van der Waals surface area contributed by atoms with Gasteiger partial charge in [0.2, 0.25) is 21.8 Å². The highest BCUT2D eigenvalue weighted by Crippen LogP contribution is 2.20. The topological polar surface area (TPSA) is 118 Å². The number of hydrogen-bond acceptors (Lipinski definition) is 7. The van der Waals surface area contributed by atoms with Crippen LogP contribution in [0.2, 0.25) is 0 Å². The quantitative estimate of drug-likeness (QED) is 0.699. The maximum Gasteiger partial charge on any atom is 0.224 e. The van der Waals surface area contributed by atoms with E-state index >= 15 is 0 Å². The van der Waals surface area contributed by atoms with Crippen molar-refractivity contribution in [3.63, 3.8) is 0 Å². The molecule has 2 heterocycles. The first-order chi connectivity index (χ1) is 13.3. The zero-order chi connectivity index (χ0) is 20.3. The zero-order valence-corrected chi connectivity index (χ0v) is 16.2. The number of anilines is 2. The van der Waals surface area contributed by atoms with Gasteiger partial charge < -0.3 is 11.1 Å². The molecule has 150 valence electrons. The monoisotopic (exact) mass is 407 g/mol. The fourth-order valence-electron chi connectivity index (χ4n) is 3.07. The first kappa shape index (κ1) is 20.2. The third kappa shape index (κ3) is 4.28. The SMILES string of the molecule is CCS(=O)(=O)N1CCC(Nc2ncc(C(=O)c3ccccc3F)c(N)n2)CC1. The highest BCUT2D eigenvalue weighted by molar-refractivity contribution is 7.89. The molecule has 1 aromatic heterocycles. The van der Waals surface area contributed by atoms with Gasteiger partial charge in [-0.2, -0.15) is 4.98 Å². The first-order valence-corrected chi connectivity index (χ1v) is 10.6. The number of nitrogens with zero attached hydrogens (tertiary/aromatic N) is 3. The van der Waals surface area contributed by atoms with Crippen LogP contribution in [0.4, 0.5) is 16.2 Å². The molecule has 1 fully saturated rings. The standard InChI is InChI=1S/C18H22FN5O3S/c1-2-28(26,27)24-9-7-12(8-10-24)22-18-21-11-14(17(20)23-18)16(25)13-5-3-4-6-15(13)19/h3-6,11-12H,2,7-10H2,1H3,(H3,20,21,22,23). The van der Waals surface area contributed by atoms with Gasteiger partial charge in [-0.05, 0) is 31.9 Å². The molecule has 28 heavy (non-hydrogen) atoms. The van der Waals surface area contributed by atoms with E-state index in [1.807, 2.05) is 0 Å². The second kappa shape index (κ2) is 8.19. The fraction of sp³-hybridized carbons (Fsp3) is 0.389. The largest absolute Gasteiger partial charge is 0.383 e. The van der Waals surface area contributed by atoms with Crippen LogP contribution in [0.15, 0.2) is 30.5 Å². The summed E-state index contributed by atoms with van der Waals surface area (Å²) in [5, 5.41) is 3.12. The van der Waals surface area contributed by atoms with Crippen molar-refractivity contribution in [2.45, 2.75) is 25.8 Å². The lowest BCUT2D eigenvalue weighted by molar-refractivity contribution is 0.103. The molecule has 1 aromatic carbocycles. The van der Waals surface area contributed by atoms with Gasteiger partial charge >= 0.3 is 0 Å². The van der Waals surface area contributed by atoms with Crippen molar-refractivity contribution in [1.29, 1.82) is 0 Å². The Morgan fingerprint density at radius 1 is 1.29 bits per heavy atom. The molecular formula is C18H22FN5O3S. The maximum atomic E-state index is 13.8. The van der Waals surface area contributed by atoms with Crippen LogP contribution in [0.5, 0.6) is 0 Å². The number of nitrogens with one attached hydrogen (secondary N) is 1. The van der Waals surface area contributed by atoms with Gasteiger partial charge in [-0.15, -0.1) is 0 Å². The predicted octanol–water partition coefficient (Wildman–Crippen LogP) is 1.65. The molecule has 0 amide bonds. The van der Waals surface area contributed by atoms with Crippen LogP contribution in [0, 0.1) is 5.82 Å². The number of hydrogen-bond donors (Lipinski definition) is 2. The maximum absolute atomic E-state index is 13.8. The van der Waals surface area contributed by atoms with Crippen LogP contribution >= 0.6 is 0 Å². The van der Waals surface area contributed by atoms with E-state index in [-0.39, 0.29) is 34.7 Å². The number of sulfonamides is 1. The van der Waals surface area contributed by atoms with Crippen LogP contribution in [0.3, 0.4) is 0 Å². The van der Waals surface area contributed by atoms with Gasteiger partial charge in [-0.25, -0.2) is 22.1 Å². The third-order valence-electron chi connectivity index (χ3n) is 4.73. The number of ketones is 1. The second-order valence-electron chi connectivity index (χ2n) is 6.52. The Balaban J connectivity index is 1.67. The number of halogens is 1. The summed E-state index contributed by atoms with van der Waals surface area (Å²) in [6.45, 7) is 2.47. The molecule has 0 spiro atoms. The summed E-state index contributed by atoms with van der Waals surface area (Å²) in [4.78, 5) is 20.7. The molecule has 0 bridgehead atoms. The molecule has 10 heteroatoms. The van der Waals surface area contributed by atoms with Gasteiger partial charge in [0.25, 0.3) is 0 Å². The minimum atomic E-state index is -3.18. The van der Waals surface area contributed by atoms with Gasteiger partial charge in [0, 0.05) is 25.3 Å². The lowest BCUT2D eigenvalue weighted by Gasteiger charge is -2.31. The average molecular weight is 407 g/mol. The smallest absolute Gasteiger partial charge is 0.224 e. The van der Waals surface area contributed by atoms with E-state index in [1.165, 1.54) is 28.7 Å². The van der Waals surface area contributed by atoms with Crippen molar-refractivity contribution in [2.75, 3.05) is 29.9 Å². The summed E-state index contributed by atoms with van der Waals surface area (Å²) in [5.41, 5.74) is 5.82. The molecule has 3 N–H and O–H groups in total. The van der Waals surface area contributed by atoms with E-state index in [9.17, 15) is 17.6 Å². The average Bonchev–Trinajstić information content (AvgIpc) is 2.68. The molecular weight excluding hydrogens is 385 g/mol. The van der Waals surface area contributed by atoms with E-state index < -0.39 is 21.6 Å². The fourth-order valence-corrected chi connectivity index (χ4v) is 4.21. The molecule has 0 aliphatic carbocycles. The molecule has 2 aromatic rings. The van der Waals surface area contributed by atoms with Crippen molar-refractivity contribution in [3.05, 3.63) is 47.4 Å². The highest BCUT2D eigenvalue weighted by Gasteiger charge is 2.27. The van der Waals surface area contributed by atoms with Crippen LogP contribution in [0.1, 0.15) is 35.7 Å². The van der Waals surface area contributed by atoms with Gasteiger partial charge in [0.15, 0.2) is 0 Å². The molecule has 0 atom stereocenters. The lowest BCUT2D eigenvalue weighted by Crippen LogP contribution is -2.43. The van der Waals surface area contributed by atoms with Crippen molar-refractivity contribution < 1.29 is 17.6 Å². The third-order valence-corrected chi connectivity index (χ3v) is 6.61. The van der Waals surface area contributed by atoms with Crippen LogP contribution in [-0.2, 0) is 10.0 Å². The van der Waals surface area contributed by atoms with Gasteiger partial charge in [0.1, 0.15) is 11.6 Å². The van der Waals surface area contributed by atoms with Gasteiger partial charge in [-0.1, -0.05) is 12.1 Å². The molecule has 3 rings (SSSR count). The Morgan fingerprint density at radius 3 is 2.57 bits per heavy atom. The summed E-state index contributed by atoms with van der Waals surface area (Å²) in [7, 11) is -3.18. The van der Waals surface area contributed by atoms with Gasteiger partial charge in [0.05, 0.1) is 16.9 Å². The van der Waals surface area contributed by atoms with Crippen LogP contribution < -0.4 is 11.1 Å². The van der Waals surface area contributed by atoms with E-state index in [0.29, 0.717) is 25.9 Å². The number of rotatable bonds is 6. The summed E-state index contributed by atoms with van der Waals surface area (Å²) in [6.07, 6.45) is 2.49. The number of nitrogen functional groups attached to an aromatic ring is 1. The van der Waals surface area contributed by atoms with Gasteiger partial charge in [-0.3, -0.25) is 4.79 Å². The molecule has 0 saturated carbocycles. The Bertz CT molecular complexity index is 975. The number of carbonyl (C=O) groups is 1. The number of nitrogens with two attached hydrogens (primary N) is 1. The molecule has 1 aliphatic rings. The van der Waals surface area contributed by atoms with Crippen molar-refractivity contribution in [1.82, 2.24) is 14.3 Å². The first-order valence-electron chi connectivity index (χ1n) is 8.98. The normalized spacial score (nSPS) is 16.1. The second-order valence-corrected chi connectivity index (χ2v) is 8.78. The molecule has 0 unspecified atom stereocenters. The Kier molecular flexibility index (Phi) is 5.90. The Labute approximate surface area is 163 Å². The molecule has 8 nitrogen and oxygen atoms in total. The van der Waals surface area contributed by atoms with Crippen LogP contribution in [0.25, 0.3) is 0 Å². The summed E-state index contributed by atoms with van der Waals surface area (Å²) in [6, 6.07) is 5.63. The van der Waals surface area contributed by atoms with E-state index in [0.717, 1.165) is 0 Å². The van der Waals surface area contributed by atoms with E-state index in [1.54, 1.807) is 13.0 Å². The number of piperidine rings is 1. The van der Waals surface area contributed by atoms with Crippen LogP contribution in [-0.4, -0.2) is 53.4 Å². The number of carbonyl (C=O) groups excluding carboxylic acids is 1. The number of benzene rings is 1. The molecule has 0 radical (unpaired) electrons.